The highest BCUT2D eigenvalue weighted by Gasteiger charge is 2.29. The van der Waals surface area contributed by atoms with Crippen LogP contribution in [0, 0.1) is 0 Å². The van der Waals surface area contributed by atoms with Crippen LogP contribution in [0.3, 0.4) is 0 Å². The van der Waals surface area contributed by atoms with Crippen LogP contribution in [0.1, 0.15) is 0 Å². The van der Waals surface area contributed by atoms with E-state index in [4.69, 9.17) is 19.4 Å². The number of thiophene rings is 1. The number of furan rings is 1. The van der Waals surface area contributed by atoms with Gasteiger partial charge in [0.25, 0.3) is 0 Å². The SMILES string of the molecule is c1ccc(-c2nc(-c3ccc4c(c3)oc3ccccc34)nc(-c3c4c(cc5sc6ccccc6c35)-c3cccc5cccc-4c35)n2)cc1. The molecule has 1 aliphatic carbocycles. The molecule has 0 radical (unpaired) electrons. The van der Waals surface area contributed by atoms with Crippen LogP contribution in [0.25, 0.3) is 109 Å². The molecule has 0 amide bonds. The average Bonchev–Trinajstić information content (AvgIpc) is 3.81. The summed E-state index contributed by atoms with van der Waals surface area (Å²) < 4.78 is 8.77. The lowest BCUT2D eigenvalue weighted by molar-refractivity contribution is 0.669. The van der Waals surface area contributed by atoms with Crippen molar-refractivity contribution in [2.45, 2.75) is 0 Å². The van der Waals surface area contributed by atoms with E-state index in [9.17, 15) is 0 Å². The molecule has 0 spiro atoms. The molecule has 7 aromatic carbocycles. The molecule has 5 heteroatoms. The molecule has 0 unspecified atom stereocenters. The Morgan fingerprint density at radius 2 is 1.12 bits per heavy atom. The predicted molar refractivity (Wildman–Crippen MR) is 198 cm³/mol. The van der Waals surface area contributed by atoms with Gasteiger partial charge < -0.3 is 4.42 Å². The van der Waals surface area contributed by atoms with Gasteiger partial charge in [-0.15, -0.1) is 11.3 Å². The summed E-state index contributed by atoms with van der Waals surface area (Å²) in [4.78, 5) is 15.7. The Bertz CT molecular complexity index is 2950. The lowest BCUT2D eigenvalue weighted by atomic mass is 9.93. The average molecular weight is 630 g/mol. The fraction of sp³-hybridized carbons (Fsp3) is 0. The van der Waals surface area contributed by atoms with Gasteiger partial charge in [0.1, 0.15) is 11.2 Å². The number of para-hydroxylation sites is 1. The Labute approximate surface area is 278 Å². The molecule has 3 heterocycles. The summed E-state index contributed by atoms with van der Waals surface area (Å²) in [5.41, 5.74) is 9.43. The third-order valence-electron chi connectivity index (χ3n) is 9.66. The van der Waals surface area contributed by atoms with Crippen molar-refractivity contribution in [3.05, 3.63) is 140 Å². The van der Waals surface area contributed by atoms with Crippen LogP contribution >= 0.6 is 11.3 Å². The number of fused-ring (bicyclic) bond motifs is 9. The minimum Gasteiger partial charge on any atom is -0.456 e. The highest BCUT2D eigenvalue weighted by molar-refractivity contribution is 7.26. The van der Waals surface area contributed by atoms with Crippen molar-refractivity contribution in [2.75, 3.05) is 0 Å². The van der Waals surface area contributed by atoms with Crippen molar-refractivity contribution >= 4 is 64.2 Å². The molecule has 0 saturated carbocycles. The molecule has 222 valence electrons. The number of benzene rings is 7. The van der Waals surface area contributed by atoms with E-state index in [1.807, 2.05) is 47.7 Å². The van der Waals surface area contributed by atoms with E-state index in [1.165, 1.54) is 53.2 Å². The second-order valence-electron chi connectivity index (χ2n) is 12.3. The zero-order chi connectivity index (χ0) is 31.3. The third-order valence-corrected chi connectivity index (χ3v) is 10.8. The minimum atomic E-state index is 0.611. The van der Waals surface area contributed by atoms with Crippen molar-refractivity contribution in [1.29, 1.82) is 0 Å². The normalized spacial score (nSPS) is 12.2. The Balaban J connectivity index is 1.26. The second-order valence-corrected chi connectivity index (χ2v) is 13.4. The number of aromatic nitrogens is 3. The predicted octanol–water partition coefficient (Wildman–Crippen LogP) is 11.9. The first kappa shape index (κ1) is 26.0. The van der Waals surface area contributed by atoms with Crippen LogP contribution < -0.4 is 0 Å². The standard InChI is InChI=1S/C43H23N3OS/c1-2-10-25(11-3-1)41-44-42(26-20-21-28-27-14-4-6-18-33(27)47-34(28)22-26)46-43(45-41)40-38-31-17-9-13-24-12-8-16-29(37(24)31)32(38)23-36-39(40)30-15-5-7-19-35(30)48-36/h1-23H. The van der Waals surface area contributed by atoms with Crippen LogP contribution in [0.4, 0.5) is 0 Å². The maximum Gasteiger partial charge on any atom is 0.165 e. The van der Waals surface area contributed by atoms with Gasteiger partial charge in [0.05, 0.1) is 0 Å². The van der Waals surface area contributed by atoms with Crippen molar-refractivity contribution in [3.63, 3.8) is 0 Å². The highest BCUT2D eigenvalue weighted by Crippen LogP contribution is 2.55. The van der Waals surface area contributed by atoms with E-state index in [1.54, 1.807) is 0 Å². The quantitative estimate of drug-likeness (QED) is 0.195. The van der Waals surface area contributed by atoms with Gasteiger partial charge in [0, 0.05) is 53.2 Å². The van der Waals surface area contributed by atoms with Crippen LogP contribution in [0.2, 0.25) is 0 Å². The fourth-order valence-corrected chi connectivity index (χ4v) is 8.73. The van der Waals surface area contributed by atoms with Gasteiger partial charge in [0.2, 0.25) is 0 Å². The Morgan fingerprint density at radius 1 is 0.417 bits per heavy atom. The Morgan fingerprint density at radius 3 is 2.00 bits per heavy atom. The smallest absolute Gasteiger partial charge is 0.165 e. The van der Waals surface area contributed by atoms with Crippen LogP contribution in [0.5, 0.6) is 0 Å². The monoisotopic (exact) mass is 629 g/mol. The first-order valence-corrected chi connectivity index (χ1v) is 16.8. The zero-order valence-corrected chi connectivity index (χ0v) is 26.3. The number of rotatable bonds is 3. The molecule has 1 aliphatic rings. The molecule has 3 aromatic heterocycles. The molecule has 0 saturated heterocycles. The third kappa shape index (κ3) is 3.62. The summed E-state index contributed by atoms with van der Waals surface area (Å²) in [5, 5.41) is 7.09. The van der Waals surface area contributed by atoms with Gasteiger partial charge in [-0.3, -0.25) is 0 Å². The molecule has 4 nitrogen and oxygen atoms in total. The first-order chi connectivity index (χ1) is 23.8. The van der Waals surface area contributed by atoms with Gasteiger partial charge in [0.15, 0.2) is 17.5 Å². The lowest BCUT2D eigenvalue weighted by Crippen LogP contribution is -2.01. The molecule has 0 N–H and O–H groups in total. The molecule has 0 fully saturated rings. The molecule has 11 rings (SSSR count). The molecular formula is C43H23N3OS. The summed E-state index contributed by atoms with van der Waals surface area (Å²) in [7, 11) is 0. The van der Waals surface area contributed by atoms with Crippen molar-refractivity contribution < 1.29 is 4.42 Å². The number of hydrogen-bond donors (Lipinski definition) is 0. The van der Waals surface area contributed by atoms with E-state index in [2.05, 4.69) is 103 Å². The molecule has 0 aliphatic heterocycles. The maximum atomic E-state index is 6.30. The van der Waals surface area contributed by atoms with Gasteiger partial charge in [-0.05, 0) is 57.8 Å². The first-order valence-electron chi connectivity index (χ1n) is 16.0. The van der Waals surface area contributed by atoms with Crippen molar-refractivity contribution in [3.8, 4) is 56.4 Å². The summed E-state index contributed by atoms with van der Waals surface area (Å²) in [6, 6.07) is 48.9. The lowest BCUT2D eigenvalue weighted by Gasteiger charge is -2.14. The van der Waals surface area contributed by atoms with Crippen molar-refractivity contribution in [1.82, 2.24) is 15.0 Å². The van der Waals surface area contributed by atoms with Crippen molar-refractivity contribution in [2.24, 2.45) is 0 Å². The second kappa shape index (κ2) is 9.67. The van der Waals surface area contributed by atoms with E-state index < -0.39 is 0 Å². The number of nitrogens with zero attached hydrogens (tertiary/aromatic N) is 3. The highest BCUT2D eigenvalue weighted by atomic mass is 32.1. The van der Waals surface area contributed by atoms with E-state index in [0.717, 1.165) is 38.6 Å². The molecule has 0 atom stereocenters. The zero-order valence-electron chi connectivity index (χ0n) is 25.4. The summed E-state index contributed by atoms with van der Waals surface area (Å²) >= 11 is 1.83. The largest absolute Gasteiger partial charge is 0.456 e. The summed E-state index contributed by atoms with van der Waals surface area (Å²) in [6.07, 6.45) is 0. The van der Waals surface area contributed by atoms with Gasteiger partial charge >= 0.3 is 0 Å². The Kier molecular flexibility index (Phi) is 5.23. The van der Waals surface area contributed by atoms with Crippen LogP contribution in [-0.2, 0) is 0 Å². The van der Waals surface area contributed by atoms with Crippen LogP contribution in [-0.4, -0.2) is 15.0 Å². The molecule has 48 heavy (non-hydrogen) atoms. The van der Waals surface area contributed by atoms with Crippen LogP contribution in [0.15, 0.2) is 144 Å². The fourth-order valence-electron chi connectivity index (χ4n) is 7.57. The van der Waals surface area contributed by atoms with Gasteiger partial charge in [-0.1, -0.05) is 109 Å². The van der Waals surface area contributed by atoms with E-state index >= 15 is 0 Å². The molecule has 0 bridgehead atoms. The summed E-state index contributed by atoms with van der Waals surface area (Å²) in [5.74, 6) is 1.92. The van der Waals surface area contributed by atoms with Gasteiger partial charge in [-0.25, -0.2) is 15.0 Å². The molecule has 10 aromatic rings. The maximum absolute atomic E-state index is 6.30. The van der Waals surface area contributed by atoms with E-state index in [0.29, 0.717) is 17.5 Å². The van der Waals surface area contributed by atoms with E-state index in [-0.39, 0.29) is 0 Å². The number of hydrogen-bond acceptors (Lipinski definition) is 5. The van der Waals surface area contributed by atoms with Gasteiger partial charge in [-0.2, -0.15) is 0 Å². The topological polar surface area (TPSA) is 51.8 Å². The Hall–Kier alpha value is -6.17. The minimum absolute atomic E-state index is 0.611. The molecular weight excluding hydrogens is 607 g/mol. The summed E-state index contributed by atoms with van der Waals surface area (Å²) in [6.45, 7) is 0.